The van der Waals surface area contributed by atoms with Gasteiger partial charge in [-0.2, -0.15) is 0 Å². The summed E-state index contributed by atoms with van der Waals surface area (Å²) in [5.74, 6) is 0.228. The van der Waals surface area contributed by atoms with E-state index in [1.165, 1.54) is 0 Å². The van der Waals surface area contributed by atoms with E-state index in [0.717, 1.165) is 24.8 Å². The van der Waals surface area contributed by atoms with Gasteiger partial charge in [-0.1, -0.05) is 39.3 Å². The van der Waals surface area contributed by atoms with Gasteiger partial charge in [-0.15, -0.1) is 0 Å². The molecule has 1 saturated heterocycles. The van der Waals surface area contributed by atoms with Crippen molar-refractivity contribution in [3.63, 3.8) is 0 Å². The monoisotopic (exact) mass is 425 g/mol. The largest absolute Gasteiger partial charge is 0.379 e. The molecule has 30 heavy (non-hydrogen) atoms. The highest BCUT2D eigenvalue weighted by atomic mass is 16.5. The van der Waals surface area contributed by atoms with Crippen LogP contribution in [0.3, 0.4) is 0 Å². The number of hydrogen-bond acceptors (Lipinski definition) is 5. The number of ether oxygens (including phenoxy) is 2. The van der Waals surface area contributed by atoms with Gasteiger partial charge in [0.15, 0.2) is 0 Å². The lowest BCUT2D eigenvalue weighted by Gasteiger charge is -2.39. The quantitative estimate of drug-likeness (QED) is 0.486. The van der Waals surface area contributed by atoms with Crippen molar-refractivity contribution in [2.75, 3.05) is 34.4 Å². The van der Waals surface area contributed by atoms with E-state index in [9.17, 15) is 9.59 Å². The Bertz CT molecular complexity index is 583. The Hall–Kier alpha value is -1.44. The van der Waals surface area contributed by atoms with Crippen molar-refractivity contribution in [1.29, 1.82) is 0 Å². The first-order chi connectivity index (χ1) is 14.1. The van der Waals surface area contributed by atoms with Crippen molar-refractivity contribution in [2.45, 2.75) is 77.7 Å². The second-order valence-electron chi connectivity index (χ2n) is 8.70. The summed E-state index contributed by atoms with van der Waals surface area (Å²) in [6.07, 6.45) is 2.49. The summed E-state index contributed by atoms with van der Waals surface area (Å²) >= 11 is 0. The Balaban J connectivity index is 3.04. The molecular formula is C23H43N3O4. The average Bonchev–Trinajstić information content (AvgIpc) is 3.21. The third kappa shape index (κ3) is 6.28. The minimum atomic E-state index is -0.395. The van der Waals surface area contributed by atoms with Crippen LogP contribution >= 0.6 is 0 Å². The van der Waals surface area contributed by atoms with Crippen molar-refractivity contribution >= 4 is 11.8 Å². The predicted octanol–water partition coefficient (Wildman–Crippen LogP) is 2.44. The number of carbonyl (C=O) groups is 2. The standard InChI is InChI=1S/C23H43N3O4/c1-9-16(4)22(25(6)21(28)14-24)19(29-7)13-20(27)26-12-10-11-18(26)23(30-8)17(5)15(2)3/h16-19,22-23H,2,9-14,24H2,1,3-8H3. The highest BCUT2D eigenvalue weighted by Crippen LogP contribution is 2.30. The molecule has 0 aromatic rings. The van der Waals surface area contributed by atoms with Crippen LogP contribution in [-0.4, -0.2) is 80.3 Å². The number of methoxy groups -OCH3 is 2. The Morgan fingerprint density at radius 2 is 1.90 bits per heavy atom. The van der Waals surface area contributed by atoms with E-state index in [2.05, 4.69) is 27.4 Å². The second kappa shape index (κ2) is 12.4. The van der Waals surface area contributed by atoms with Crippen molar-refractivity contribution in [2.24, 2.45) is 17.6 Å². The molecular weight excluding hydrogens is 382 g/mol. The fourth-order valence-electron chi connectivity index (χ4n) is 4.60. The molecule has 6 unspecified atom stereocenters. The van der Waals surface area contributed by atoms with Crippen LogP contribution in [0.2, 0.25) is 0 Å². The van der Waals surface area contributed by atoms with Crippen LogP contribution in [0.4, 0.5) is 0 Å². The highest BCUT2D eigenvalue weighted by molar-refractivity contribution is 5.79. The first kappa shape index (κ1) is 26.6. The van der Waals surface area contributed by atoms with E-state index in [-0.39, 0.29) is 54.8 Å². The smallest absolute Gasteiger partial charge is 0.236 e. The van der Waals surface area contributed by atoms with Crippen LogP contribution < -0.4 is 5.73 Å². The lowest BCUT2D eigenvalue weighted by atomic mass is 9.89. The Labute approximate surface area is 182 Å². The van der Waals surface area contributed by atoms with E-state index in [0.29, 0.717) is 6.54 Å². The molecule has 7 heteroatoms. The van der Waals surface area contributed by atoms with Gasteiger partial charge in [0.2, 0.25) is 11.8 Å². The number of likely N-dealkylation sites (N-methyl/N-ethyl adjacent to an activating group) is 1. The summed E-state index contributed by atoms with van der Waals surface area (Å²) < 4.78 is 11.6. The zero-order valence-corrected chi connectivity index (χ0v) is 20.0. The van der Waals surface area contributed by atoms with E-state index in [4.69, 9.17) is 15.2 Å². The van der Waals surface area contributed by atoms with Crippen LogP contribution in [-0.2, 0) is 19.1 Å². The molecule has 1 heterocycles. The van der Waals surface area contributed by atoms with E-state index in [1.54, 1.807) is 26.2 Å². The summed E-state index contributed by atoms with van der Waals surface area (Å²) in [7, 11) is 5.06. The molecule has 1 rings (SSSR count). The zero-order valence-electron chi connectivity index (χ0n) is 20.0. The third-order valence-electron chi connectivity index (χ3n) is 6.84. The van der Waals surface area contributed by atoms with Gasteiger partial charge in [-0.25, -0.2) is 0 Å². The zero-order chi connectivity index (χ0) is 23.0. The van der Waals surface area contributed by atoms with Crippen molar-refractivity contribution in [3.8, 4) is 0 Å². The van der Waals surface area contributed by atoms with E-state index >= 15 is 0 Å². The maximum atomic E-state index is 13.4. The number of carbonyl (C=O) groups excluding carboxylic acids is 2. The molecule has 1 fully saturated rings. The number of hydrogen-bond donors (Lipinski definition) is 1. The van der Waals surface area contributed by atoms with Crippen molar-refractivity contribution in [1.82, 2.24) is 9.80 Å². The molecule has 7 nitrogen and oxygen atoms in total. The fraction of sp³-hybridized carbons (Fsp3) is 0.826. The SMILES string of the molecule is C=C(C)C(C)C(OC)C1CCCN1C(=O)CC(OC)C(C(C)CC)N(C)C(=O)CN. The summed E-state index contributed by atoms with van der Waals surface area (Å²) in [5, 5.41) is 0. The molecule has 0 radical (unpaired) electrons. The minimum Gasteiger partial charge on any atom is -0.379 e. The molecule has 174 valence electrons. The van der Waals surface area contributed by atoms with E-state index < -0.39 is 6.10 Å². The molecule has 0 aromatic heterocycles. The predicted molar refractivity (Wildman–Crippen MR) is 120 cm³/mol. The minimum absolute atomic E-state index is 0.0251. The molecule has 6 atom stereocenters. The van der Waals surface area contributed by atoms with Gasteiger partial charge in [0, 0.05) is 33.7 Å². The first-order valence-corrected chi connectivity index (χ1v) is 11.1. The molecule has 0 aliphatic carbocycles. The van der Waals surface area contributed by atoms with Crippen molar-refractivity contribution < 1.29 is 19.1 Å². The van der Waals surface area contributed by atoms with E-state index in [1.807, 2.05) is 11.8 Å². The Kier molecular flexibility index (Phi) is 11.0. The molecule has 0 saturated carbocycles. The summed E-state index contributed by atoms with van der Waals surface area (Å²) in [6, 6.07) is -0.189. The molecule has 1 aliphatic heterocycles. The summed E-state index contributed by atoms with van der Waals surface area (Å²) in [6.45, 7) is 13.0. The molecule has 0 spiro atoms. The lowest BCUT2D eigenvalue weighted by Crippen LogP contribution is -2.53. The van der Waals surface area contributed by atoms with Gasteiger partial charge in [0.1, 0.15) is 0 Å². The lowest BCUT2D eigenvalue weighted by molar-refractivity contribution is -0.143. The normalized spacial score (nSPS) is 21.6. The van der Waals surface area contributed by atoms with Crippen LogP contribution in [0.5, 0.6) is 0 Å². The van der Waals surface area contributed by atoms with Gasteiger partial charge in [-0.3, -0.25) is 9.59 Å². The molecule has 0 bridgehead atoms. The number of likely N-dealkylation sites (tertiary alicyclic amines) is 1. The average molecular weight is 426 g/mol. The fourth-order valence-corrected chi connectivity index (χ4v) is 4.60. The number of nitrogens with zero attached hydrogens (tertiary/aromatic N) is 2. The maximum Gasteiger partial charge on any atom is 0.236 e. The summed E-state index contributed by atoms with van der Waals surface area (Å²) in [4.78, 5) is 29.2. The van der Waals surface area contributed by atoms with Crippen LogP contribution in [0.1, 0.15) is 53.4 Å². The summed E-state index contributed by atoms with van der Waals surface area (Å²) in [5.41, 5.74) is 6.64. The maximum absolute atomic E-state index is 13.4. The van der Waals surface area contributed by atoms with Crippen molar-refractivity contribution in [3.05, 3.63) is 12.2 Å². The van der Waals surface area contributed by atoms with Gasteiger partial charge in [0.25, 0.3) is 0 Å². The number of amides is 2. The van der Waals surface area contributed by atoms with Crippen LogP contribution in [0.15, 0.2) is 12.2 Å². The van der Waals surface area contributed by atoms with Gasteiger partial charge in [0.05, 0.1) is 37.3 Å². The highest BCUT2D eigenvalue weighted by Gasteiger charge is 2.40. The number of nitrogens with two attached hydrogens (primary N) is 1. The first-order valence-electron chi connectivity index (χ1n) is 11.1. The topological polar surface area (TPSA) is 85.1 Å². The third-order valence-corrected chi connectivity index (χ3v) is 6.84. The molecule has 2 N–H and O–H groups in total. The second-order valence-corrected chi connectivity index (χ2v) is 8.70. The Morgan fingerprint density at radius 3 is 2.37 bits per heavy atom. The number of rotatable bonds is 12. The van der Waals surface area contributed by atoms with Gasteiger partial charge < -0.3 is 25.0 Å². The van der Waals surface area contributed by atoms with Crippen LogP contribution in [0, 0.1) is 11.8 Å². The molecule has 2 amide bonds. The van der Waals surface area contributed by atoms with Gasteiger partial charge in [-0.05, 0) is 25.7 Å². The van der Waals surface area contributed by atoms with Crippen LogP contribution in [0.25, 0.3) is 0 Å². The van der Waals surface area contributed by atoms with Gasteiger partial charge >= 0.3 is 0 Å². The Morgan fingerprint density at radius 1 is 1.27 bits per heavy atom. The molecule has 0 aromatic carbocycles. The molecule has 1 aliphatic rings.